The van der Waals surface area contributed by atoms with Gasteiger partial charge >= 0.3 is 5.97 Å². The molecule has 208 valence electrons. The molecule has 0 aliphatic heterocycles. The standard InChI is InChI=1S/C34H55NO2/c1-2-3-4-5-6-7-8-9-10-12-17-29(20-25-35)30(26-32(36)37)27-34(31-18-13-11-14-19-31)24-23-33(28-34)21-15-16-22-33/h7-8,11,13-14,18-19,29-30H,2-6,9-10,12,15-17,20-28,35H2,1H3,(H,36,37)/t29-,30-,34+/m1/s1. The number of carboxylic acid groups (broad SMARTS) is 1. The maximum absolute atomic E-state index is 12.1. The molecular weight excluding hydrogens is 454 g/mol. The van der Waals surface area contributed by atoms with Crippen molar-refractivity contribution in [2.24, 2.45) is 23.0 Å². The monoisotopic (exact) mass is 509 g/mol. The zero-order chi connectivity index (χ0) is 26.4. The number of hydrogen-bond donors (Lipinski definition) is 2. The number of hydrogen-bond acceptors (Lipinski definition) is 2. The Hall–Kier alpha value is -1.61. The lowest BCUT2D eigenvalue weighted by Crippen LogP contribution is -2.32. The molecule has 1 aromatic carbocycles. The van der Waals surface area contributed by atoms with Gasteiger partial charge in [0.1, 0.15) is 0 Å². The summed E-state index contributed by atoms with van der Waals surface area (Å²) in [5.74, 6) is -0.0402. The van der Waals surface area contributed by atoms with Crippen LogP contribution in [0.2, 0.25) is 0 Å². The van der Waals surface area contributed by atoms with Crippen molar-refractivity contribution in [1.29, 1.82) is 0 Å². The number of carbonyl (C=O) groups is 1. The second-order valence-electron chi connectivity index (χ2n) is 12.5. The first kappa shape index (κ1) is 29.9. The molecular formula is C34H55NO2. The predicted molar refractivity (Wildman–Crippen MR) is 157 cm³/mol. The Bertz CT molecular complexity index is 797. The van der Waals surface area contributed by atoms with Crippen LogP contribution in [0.5, 0.6) is 0 Å². The van der Waals surface area contributed by atoms with Crippen molar-refractivity contribution in [3.63, 3.8) is 0 Å². The van der Waals surface area contributed by atoms with E-state index in [4.69, 9.17) is 5.73 Å². The van der Waals surface area contributed by atoms with Gasteiger partial charge in [0.05, 0.1) is 0 Å². The number of carboxylic acids is 1. The summed E-state index contributed by atoms with van der Waals surface area (Å²) in [6, 6.07) is 11.1. The van der Waals surface area contributed by atoms with E-state index in [9.17, 15) is 9.90 Å². The third-order valence-electron chi connectivity index (χ3n) is 9.78. The van der Waals surface area contributed by atoms with Crippen LogP contribution in [0.3, 0.4) is 0 Å². The number of aliphatic carboxylic acids is 1. The third-order valence-corrected chi connectivity index (χ3v) is 9.78. The molecule has 2 fully saturated rings. The van der Waals surface area contributed by atoms with Crippen LogP contribution in [0, 0.1) is 17.3 Å². The van der Waals surface area contributed by atoms with Crippen LogP contribution in [0.1, 0.15) is 134 Å². The Morgan fingerprint density at radius 2 is 1.62 bits per heavy atom. The van der Waals surface area contributed by atoms with E-state index >= 15 is 0 Å². The first-order chi connectivity index (χ1) is 18.0. The summed E-state index contributed by atoms with van der Waals surface area (Å²) in [6.45, 7) is 2.91. The SMILES string of the molecule is CCCCCCC=CCCCC[C@H](CCN)[C@H](CC(=O)O)C[C@@]1(c2ccccc2)CCC2(CCCC2)C1. The molecule has 0 aromatic heterocycles. The van der Waals surface area contributed by atoms with Crippen molar-refractivity contribution in [3.05, 3.63) is 48.0 Å². The maximum Gasteiger partial charge on any atom is 0.303 e. The van der Waals surface area contributed by atoms with E-state index in [0.717, 1.165) is 25.7 Å². The molecule has 2 aliphatic rings. The van der Waals surface area contributed by atoms with Crippen LogP contribution >= 0.6 is 0 Å². The molecule has 0 saturated heterocycles. The minimum atomic E-state index is -0.644. The maximum atomic E-state index is 12.1. The number of allylic oxidation sites excluding steroid dienone is 2. The zero-order valence-corrected chi connectivity index (χ0v) is 23.8. The molecule has 0 amide bonds. The second-order valence-corrected chi connectivity index (χ2v) is 12.5. The van der Waals surface area contributed by atoms with Crippen LogP contribution in [0.15, 0.2) is 42.5 Å². The summed E-state index contributed by atoms with van der Waals surface area (Å²) in [6.07, 6.45) is 27.3. The molecule has 3 N–H and O–H groups in total. The van der Waals surface area contributed by atoms with E-state index in [-0.39, 0.29) is 17.8 Å². The summed E-state index contributed by atoms with van der Waals surface area (Å²) in [5, 5.41) is 9.94. The van der Waals surface area contributed by atoms with Gasteiger partial charge in [-0.2, -0.15) is 0 Å². The first-order valence-corrected chi connectivity index (χ1v) is 15.6. The normalized spacial score (nSPS) is 22.6. The molecule has 3 heteroatoms. The van der Waals surface area contributed by atoms with Gasteiger partial charge in [0.2, 0.25) is 0 Å². The van der Waals surface area contributed by atoms with E-state index < -0.39 is 5.97 Å². The number of nitrogens with two attached hydrogens (primary N) is 1. The van der Waals surface area contributed by atoms with E-state index in [1.165, 1.54) is 95.5 Å². The highest BCUT2D eigenvalue weighted by atomic mass is 16.4. The summed E-state index contributed by atoms with van der Waals surface area (Å²) < 4.78 is 0. The molecule has 0 unspecified atom stereocenters. The van der Waals surface area contributed by atoms with Crippen LogP contribution in [0.25, 0.3) is 0 Å². The summed E-state index contributed by atoms with van der Waals surface area (Å²) >= 11 is 0. The van der Waals surface area contributed by atoms with Crippen molar-refractivity contribution in [2.45, 2.75) is 134 Å². The van der Waals surface area contributed by atoms with Crippen LogP contribution < -0.4 is 5.73 Å². The zero-order valence-electron chi connectivity index (χ0n) is 23.8. The Morgan fingerprint density at radius 1 is 0.919 bits per heavy atom. The highest BCUT2D eigenvalue weighted by Gasteiger charge is 2.50. The van der Waals surface area contributed by atoms with Gasteiger partial charge in [-0.1, -0.05) is 94.4 Å². The van der Waals surface area contributed by atoms with Crippen molar-refractivity contribution < 1.29 is 9.90 Å². The fraction of sp³-hybridized carbons (Fsp3) is 0.735. The predicted octanol–water partition coefficient (Wildman–Crippen LogP) is 9.20. The smallest absolute Gasteiger partial charge is 0.303 e. The molecule has 3 atom stereocenters. The highest BCUT2D eigenvalue weighted by molar-refractivity contribution is 5.67. The minimum Gasteiger partial charge on any atom is -0.481 e. The third kappa shape index (κ3) is 9.27. The molecule has 37 heavy (non-hydrogen) atoms. The van der Waals surface area contributed by atoms with E-state index in [1.807, 2.05) is 0 Å². The van der Waals surface area contributed by atoms with Gasteiger partial charge in [-0.25, -0.2) is 0 Å². The average Bonchev–Trinajstić information content (AvgIpc) is 3.51. The topological polar surface area (TPSA) is 63.3 Å². The molecule has 3 rings (SSSR count). The van der Waals surface area contributed by atoms with Gasteiger partial charge < -0.3 is 10.8 Å². The van der Waals surface area contributed by atoms with Crippen molar-refractivity contribution in [3.8, 4) is 0 Å². The average molecular weight is 510 g/mol. The Kier molecular flexibility index (Phi) is 12.7. The van der Waals surface area contributed by atoms with Crippen molar-refractivity contribution in [1.82, 2.24) is 0 Å². The summed E-state index contributed by atoms with van der Waals surface area (Å²) in [5.41, 5.74) is 8.17. The first-order valence-electron chi connectivity index (χ1n) is 15.6. The van der Waals surface area contributed by atoms with Gasteiger partial charge in [-0.05, 0) is 105 Å². The molecule has 1 spiro atoms. The molecule has 0 radical (unpaired) electrons. The lowest BCUT2D eigenvalue weighted by molar-refractivity contribution is -0.138. The van der Waals surface area contributed by atoms with Gasteiger partial charge in [-0.3, -0.25) is 4.79 Å². The van der Waals surface area contributed by atoms with Crippen molar-refractivity contribution >= 4 is 5.97 Å². The summed E-state index contributed by atoms with van der Waals surface area (Å²) in [4.78, 5) is 12.1. The second kappa shape index (κ2) is 15.7. The Balaban J connectivity index is 1.64. The largest absolute Gasteiger partial charge is 0.481 e. The van der Waals surface area contributed by atoms with Crippen LogP contribution in [-0.4, -0.2) is 17.6 Å². The van der Waals surface area contributed by atoms with Gasteiger partial charge in [0.25, 0.3) is 0 Å². The lowest BCUT2D eigenvalue weighted by atomic mass is 9.66. The van der Waals surface area contributed by atoms with E-state index in [0.29, 0.717) is 17.9 Å². The Labute approximate surface area is 227 Å². The van der Waals surface area contributed by atoms with Gasteiger partial charge in [0.15, 0.2) is 0 Å². The fourth-order valence-corrected chi connectivity index (χ4v) is 7.84. The minimum absolute atomic E-state index is 0.124. The Morgan fingerprint density at radius 3 is 2.27 bits per heavy atom. The number of benzene rings is 1. The molecule has 2 saturated carbocycles. The molecule has 0 bridgehead atoms. The number of rotatable bonds is 18. The van der Waals surface area contributed by atoms with Gasteiger partial charge in [0, 0.05) is 6.42 Å². The molecule has 1 aromatic rings. The van der Waals surface area contributed by atoms with E-state index in [2.05, 4.69) is 49.4 Å². The van der Waals surface area contributed by atoms with Gasteiger partial charge in [-0.15, -0.1) is 0 Å². The molecule has 3 nitrogen and oxygen atoms in total. The fourth-order valence-electron chi connectivity index (χ4n) is 7.84. The molecule has 0 heterocycles. The quantitative estimate of drug-likeness (QED) is 0.153. The molecule has 2 aliphatic carbocycles. The van der Waals surface area contributed by atoms with Crippen molar-refractivity contribution in [2.75, 3.05) is 6.54 Å². The van der Waals surface area contributed by atoms with E-state index in [1.54, 1.807) is 0 Å². The van der Waals surface area contributed by atoms with Crippen LogP contribution in [0.4, 0.5) is 0 Å². The number of unbranched alkanes of at least 4 members (excludes halogenated alkanes) is 6. The lowest BCUT2D eigenvalue weighted by Gasteiger charge is -2.38. The van der Waals surface area contributed by atoms with Crippen LogP contribution in [-0.2, 0) is 10.2 Å². The highest BCUT2D eigenvalue weighted by Crippen LogP contribution is 2.60. The summed E-state index contributed by atoms with van der Waals surface area (Å²) in [7, 11) is 0.